The normalized spacial score (nSPS) is 12.0. The molecule has 0 spiro atoms. The van der Waals surface area contributed by atoms with Crippen LogP contribution in [0, 0.1) is 0 Å². The minimum absolute atomic E-state index is 0.223. The van der Waals surface area contributed by atoms with E-state index in [9.17, 15) is 0 Å². The lowest BCUT2D eigenvalue weighted by Gasteiger charge is -2.14. The minimum Gasteiger partial charge on any atom is -0.494 e. The maximum atomic E-state index is 5.56. The van der Waals surface area contributed by atoms with Gasteiger partial charge in [-0.25, -0.2) is 0 Å². The van der Waals surface area contributed by atoms with Crippen molar-refractivity contribution in [1.29, 1.82) is 0 Å². The first-order valence-electron chi connectivity index (χ1n) is 9.81. The molecule has 0 fully saturated rings. The standard InChI is InChI=1S/C20H40O4/c1-5-7-9-10-11-12-13-15-17-23-18-24-20(22-4)19(21-3)16-14-8-6-2/h5-18H2,1-4H3/b20-19-. The molecule has 0 saturated heterocycles. The number of ether oxygens (including phenoxy) is 4. The van der Waals surface area contributed by atoms with E-state index in [-0.39, 0.29) is 6.79 Å². The highest BCUT2D eigenvalue weighted by atomic mass is 16.7. The van der Waals surface area contributed by atoms with Crippen LogP contribution < -0.4 is 0 Å². The Kier molecular flexibility index (Phi) is 17.7. The minimum atomic E-state index is 0.223. The summed E-state index contributed by atoms with van der Waals surface area (Å²) >= 11 is 0. The van der Waals surface area contributed by atoms with Crippen molar-refractivity contribution >= 4 is 0 Å². The molecule has 0 rings (SSSR count). The molecule has 0 N–H and O–H groups in total. The largest absolute Gasteiger partial charge is 0.494 e. The van der Waals surface area contributed by atoms with Crippen LogP contribution in [0.2, 0.25) is 0 Å². The summed E-state index contributed by atoms with van der Waals surface area (Å²) in [5.74, 6) is 1.21. The van der Waals surface area contributed by atoms with E-state index in [1.54, 1.807) is 14.2 Å². The van der Waals surface area contributed by atoms with Gasteiger partial charge in [0.1, 0.15) is 0 Å². The molecule has 4 heteroatoms. The fourth-order valence-electron chi connectivity index (χ4n) is 2.57. The zero-order chi connectivity index (χ0) is 17.9. The molecular formula is C20H40O4. The van der Waals surface area contributed by atoms with Crippen molar-refractivity contribution in [1.82, 2.24) is 0 Å². The summed E-state index contributed by atoms with van der Waals surface area (Å²) < 4.78 is 21.7. The quantitative estimate of drug-likeness (QED) is 0.169. The van der Waals surface area contributed by atoms with E-state index < -0.39 is 0 Å². The Morgan fingerprint density at radius 1 is 0.667 bits per heavy atom. The van der Waals surface area contributed by atoms with Crippen molar-refractivity contribution in [2.75, 3.05) is 27.6 Å². The Morgan fingerprint density at radius 2 is 1.25 bits per heavy atom. The summed E-state index contributed by atoms with van der Waals surface area (Å²) in [7, 11) is 3.26. The number of hydrogen-bond donors (Lipinski definition) is 0. The molecule has 0 amide bonds. The molecule has 0 unspecified atom stereocenters. The lowest BCUT2D eigenvalue weighted by atomic mass is 10.1. The first kappa shape index (κ1) is 23.1. The van der Waals surface area contributed by atoms with Crippen molar-refractivity contribution in [3.8, 4) is 0 Å². The predicted molar refractivity (Wildman–Crippen MR) is 99.7 cm³/mol. The van der Waals surface area contributed by atoms with Crippen LogP contribution in [0.15, 0.2) is 11.7 Å². The molecule has 0 aromatic heterocycles. The van der Waals surface area contributed by atoms with Gasteiger partial charge in [0.2, 0.25) is 0 Å². The van der Waals surface area contributed by atoms with Gasteiger partial charge in [-0.1, -0.05) is 71.6 Å². The molecule has 144 valence electrons. The molecule has 0 aliphatic carbocycles. The van der Waals surface area contributed by atoms with Crippen LogP contribution in [0.3, 0.4) is 0 Å². The molecule has 0 saturated carbocycles. The van der Waals surface area contributed by atoms with Gasteiger partial charge >= 0.3 is 5.95 Å². The molecule has 0 atom stereocenters. The van der Waals surface area contributed by atoms with E-state index in [0.29, 0.717) is 5.95 Å². The van der Waals surface area contributed by atoms with E-state index in [1.807, 2.05) is 0 Å². The van der Waals surface area contributed by atoms with Gasteiger partial charge in [-0.15, -0.1) is 0 Å². The third kappa shape index (κ3) is 13.5. The molecule has 24 heavy (non-hydrogen) atoms. The summed E-state index contributed by atoms with van der Waals surface area (Å²) in [5, 5.41) is 0. The lowest BCUT2D eigenvalue weighted by molar-refractivity contribution is -0.0747. The summed E-state index contributed by atoms with van der Waals surface area (Å²) in [6, 6.07) is 0. The molecule has 0 aromatic rings. The first-order valence-corrected chi connectivity index (χ1v) is 9.81. The number of rotatable bonds is 18. The summed E-state index contributed by atoms with van der Waals surface area (Å²) in [6.45, 7) is 5.40. The van der Waals surface area contributed by atoms with Crippen LogP contribution in [-0.4, -0.2) is 27.6 Å². The van der Waals surface area contributed by atoms with Crippen molar-refractivity contribution < 1.29 is 18.9 Å². The second-order valence-electron chi connectivity index (χ2n) is 6.22. The maximum absolute atomic E-state index is 5.56. The Labute approximate surface area is 149 Å². The van der Waals surface area contributed by atoms with Crippen LogP contribution in [-0.2, 0) is 18.9 Å². The highest BCUT2D eigenvalue weighted by molar-refractivity contribution is 4.94. The van der Waals surface area contributed by atoms with Gasteiger partial charge in [-0.3, -0.25) is 0 Å². The average molecular weight is 345 g/mol. The zero-order valence-electron chi connectivity index (χ0n) is 16.5. The molecule has 0 aromatic carbocycles. The van der Waals surface area contributed by atoms with Crippen LogP contribution in [0.1, 0.15) is 90.9 Å². The zero-order valence-corrected chi connectivity index (χ0v) is 16.5. The number of hydrogen-bond acceptors (Lipinski definition) is 4. The number of methoxy groups -OCH3 is 2. The second kappa shape index (κ2) is 18.4. The van der Waals surface area contributed by atoms with Crippen molar-refractivity contribution in [3.05, 3.63) is 11.7 Å². The molecular weight excluding hydrogens is 304 g/mol. The van der Waals surface area contributed by atoms with E-state index in [4.69, 9.17) is 18.9 Å². The Hall–Kier alpha value is -0.900. The third-order valence-electron chi connectivity index (χ3n) is 4.08. The van der Waals surface area contributed by atoms with Gasteiger partial charge in [0, 0.05) is 6.42 Å². The summed E-state index contributed by atoms with van der Waals surface area (Å²) in [5.41, 5.74) is 0. The lowest BCUT2D eigenvalue weighted by Crippen LogP contribution is -2.07. The molecule has 0 aliphatic rings. The average Bonchev–Trinajstić information content (AvgIpc) is 2.61. The van der Waals surface area contributed by atoms with Crippen LogP contribution in [0.5, 0.6) is 0 Å². The van der Waals surface area contributed by atoms with Gasteiger partial charge < -0.3 is 18.9 Å². The van der Waals surface area contributed by atoms with Gasteiger partial charge in [0.15, 0.2) is 12.6 Å². The fraction of sp³-hybridized carbons (Fsp3) is 0.900. The van der Waals surface area contributed by atoms with Crippen LogP contribution in [0.4, 0.5) is 0 Å². The third-order valence-corrected chi connectivity index (χ3v) is 4.08. The molecule has 4 nitrogen and oxygen atoms in total. The van der Waals surface area contributed by atoms with Crippen molar-refractivity contribution in [3.63, 3.8) is 0 Å². The van der Waals surface area contributed by atoms with E-state index >= 15 is 0 Å². The van der Waals surface area contributed by atoms with Crippen LogP contribution >= 0.6 is 0 Å². The number of unbranched alkanes of at least 4 members (excludes halogenated alkanes) is 9. The van der Waals surface area contributed by atoms with E-state index in [2.05, 4.69) is 13.8 Å². The second-order valence-corrected chi connectivity index (χ2v) is 6.22. The predicted octanol–water partition coefficient (Wildman–Crippen LogP) is 6.16. The molecule has 0 radical (unpaired) electrons. The van der Waals surface area contributed by atoms with Gasteiger partial charge in [-0.05, 0) is 12.8 Å². The monoisotopic (exact) mass is 344 g/mol. The van der Waals surface area contributed by atoms with Gasteiger partial charge in [-0.2, -0.15) is 0 Å². The maximum Gasteiger partial charge on any atom is 0.320 e. The summed E-state index contributed by atoms with van der Waals surface area (Å²) in [4.78, 5) is 0. The van der Waals surface area contributed by atoms with Gasteiger partial charge in [0.05, 0.1) is 20.8 Å². The SMILES string of the molecule is CCCCCCCCCCOCO/C(OC)=C(/CCCCC)OC. The molecule has 0 bridgehead atoms. The molecule has 0 heterocycles. The smallest absolute Gasteiger partial charge is 0.320 e. The van der Waals surface area contributed by atoms with E-state index in [1.165, 1.54) is 57.8 Å². The summed E-state index contributed by atoms with van der Waals surface area (Å²) in [6.07, 6.45) is 14.7. The first-order chi connectivity index (χ1) is 11.8. The number of allylic oxidation sites excluding steroid dienone is 1. The van der Waals surface area contributed by atoms with Crippen molar-refractivity contribution in [2.45, 2.75) is 90.9 Å². The van der Waals surface area contributed by atoms with Gasteiger partial charge in [0.25, 0.3) is 0 Å². The highest BCUT2D eigenvalue weighted by Gasteiger charge is 2.09. The fourth-order valence-corrected chi connectivity index (χ4v) is 2.57. The Bertz CT molecular complexity index is 289. The highest BCUT2D eigenvalue weighted by Crippen LogP contribution is 2.16. The van der Waals surface area contributed by atoms with E-state index in [0.717, 1.165) is 31.6 Å². The Morgan fingerprint density at radius 3 is 1.83 bits per heavy atom. The molecule has 0 aliphatic heterocycles. The van der Waals surface area contributed by atoms with Crippen molar-refractivity contribution in [2.24, 2.45) is 0 Å². The van der Waals surface area contributed by atoms with Crippen LogP contribution in [0.25, 0.3) is 0 Å². The Balaban J connectivity index is 3.67. The topological polar surface area (TPSA) is 36.9 Å².